The molecular formula is C55H38N2O. The highest BCUT2D eigenvalue weighted by molar-refractivity contribution is 5.96. The monoisotopic (exact) mass is 742 g/mol. The number of para-hydroxylation sites is 2. The van der Waals surface area contributed by atoms with E-state index in [1.54, 1.807) is 0 Å². The first-order chi connectivity index (χ1) is 28.7. The largest absolute Gasteiger partial charge is 0.310 e. The van der Waals surface area contributed by atoms with E-state index in [1.807, 2.05) is 48.5 Å². The highest BCUT2D eigenvalue weighted by Crippen LogP contribution is 2.42. The van der Waals surface area contributed by atoms with E-state index in [2.05, 4.69) is 191 Å². The highest BCUT2D eigenvalue weighted by Gasteiger charge is 2.18. The van der Waals surface area contributed by atoms with Crippen molar-refractivity contribution in [3.63, 3.8) is 0 Å². The standard InChI is InChI=1S/C55H38N2O/c58-55-50-23-10-12-25-53(50)57(54-26-13-11-24-51(54)55)47-22-14-21-44(37-47)41-29-33-46(34-30-41)56(45-31-27-40(28-32-45)39-15-4-1-5-16-39)48-35-36-49(42-17-6-2-7-18-42)52(38-48)43-19-8-3-9-20-43/h1-38H. The van der Waals surface area contributed by atoms with Gasteiger partial charge in [-0.05, 0) is 117 Å². The van der Waals surface area contributed by atoms with E-state index in [-0.39, 0.29) is 5.43 Å². The summed E-state index contributed by atoms with van der Waals surface area (Å²) in [6.07, 6.45) is 0. The van der Waals surface area contributed by atoms with E-state index in [0.717, 1.165) is 44.9 Å². The Hall–Kier alpha value is -7.75. The molecule has 58 heavy (non-hydrogen) atoms. The van der Waals surface area contributed by atoms with Gasteiger partial charge in [-0.25, -0.2) is 0 Å². The summed E-state index contributed by atoms with van der Waals surface area (Å²) in [5.41, 5.74) is 15.3. The average Bonchev–Trinajstić information content (AvgIpc) is 3.31. The lowest BCUT2D eigenvalue weighted by Crippen LogP contribution is -2.10. The molecule has 0 aliphatic carbocycles. The van der Waals surface area contributed by atoms with Crippen LogP contribution in [0.4, 0.5) is 17.1 Å². The Morgan fingerprint density at radius 1 is 0.310 bits per heavy atom. The summed E-state index contributed by atoms with van der Waals surface area (Å²) in [6.45, 7) is 0. The molecule has 0 saturated heterocycles. The quantitative estimate of drug-likeness (QED) is 0.145. The summed E-state index contributed by atoms with van der Waals surface area (Å²) in [5, 5.41) is 1.42. The van der Waals surface area contributed by atoms with E-state index in [0.29, 0.717) is 10.8 Å². The molecule has 0 fully saturated rings. The maximum Gasteiger partial charge on any atom is 0.197 e. The van der Waals surface area contributed by atoms with E-state index < -0.39 is 0 Å². The third kappa shape index (κ3) is 6.45. The molecule has 10 rings (SSSR count). The number of rotatable bonds is 8. The van der Waals surface area contributed by atoms with Gasteiger partial charge in [0.2, 0.25) is 0 Å². The van der Waals surface area contributed by atoms with Crippen molar-refractivity contribution in [2.24, 2.45) is 0 Å². The van der Waals surface area contributed by atoms with Crippen LogP contribution in [-0.4, -0.2) is 4.57 Å². The number of anilines is 3. The summed E-state index contributed by atoms with van der Waals surface area (Å²) >= 11 is 0. The summed E-state index contributed by atoms with van der Waals surface area (Å²) in [6, 6.07) is 80.6. The molecule has 1 aromatic heterocycles. The number of hydrogen-bond acceptors (Lipinski definition) is 2. The smallest absolute Gasteiger partial charge is 0.197 e. The van der Waals surface area contributed by atoms with Crippen LogP contribution in [0.15, 0.2) is 235 Å². The maximum atomic E-state index is 13.5. The minimum atomic E-state index is 0.0547. The normalized spacial score (nSPS) is 11.2. The molecular weight excluding hydrogens is 705 g/mol. The van der Waals surface area contributed by atoms with Gasteiger partial charge in [0.15, 0.2) is 5.43 Å². The summed E-state index contributed by atoms with van der Waals surface area (Å²) in [7, 11) is 0. The summed E-state index contributed by atoms with van der Waals surface area (Å²) in [4.78, 5) is 15.8. The zero-order chi connectivity index (χ0) is 38.8. The van der Waals surface area contributed by atoms with E-state index in [4.69, 9.17) is 0 Å². The van der Waals surface area contributed by atoms with E-state index in [1.165, 1.54) is 33.4 Å². The topological polar surface area (TPSA) is 25.2 Å². The van der Waals surface area contributed by atoms with Gasteiger partial charge in [-0.2, -0.15) is 0 Å². The third-order valence-electron chi connectivity index (χ3n) is 11.0. The molecule has 0 amide bonds. The molecule has 0 saturated carbocycles. The van der Waals surface area contributed by atoms with Crippen molar-refractivity contribution in [2.75, 3.05) is 4.90 Å². The van der Waals surface area contributed by atoms with Crippen molar-refractivity contribution in [3.8, 4) is 50.2 Å². The Balaban J connectivity index is 1.08. The second-order valence-corrected chi connectivity index (χ2v) is 14.5. The summed E-state index contributed by atoms with van der Waals surface area (Å²) < 4.78 is 2.20. The molecule has 0 unspecified atom stereocenters. The Morgan fingerprint density at radius 2 is 0.741 bits per heavy atom. The van der Waals surface area contributed by atoms with Crippen LogP contribution in [0.1, 0.15) is 0 Å². The van der Waals surface area contributed by atoms with Crippen LogP contribution in [0.5, 0.6) is 0 Å². The summed E-state index contributed by atoms with van der Waals surface area (Å²) in [5.74, 6) is 0. The zero-order valence-corrected chi connectivity index (χ0v) is 31.7. The van der Waals surface area contributed by atoms with Crippen LogP contribution < -0.4 is 10.3 Å². The van der Waals surface area contributed by atoms with Gasteiger partial charge in [0.1, 0.15) is 0 Å². The van der Waals surface area contributed by atoms with Gasteiger partial charge in [-0.1, -0.05) is 158 Å². The molecule has 0 bridgehead atoms. The SMILES string of the molecule is O=c1c2ccccc2n(-c2cccc(-c3ccc(N(c4ccc(-c5ccccc5)cc4)c4ccc(-c5ccccc5)c(-c5ccccc5)c4)cc3)c2)c2ccccc12. The Kier molecular flexibility index (Phi) is 9.02. The molecule has 3 heteroatoms. The van der Waals surface area contributed by atoms with Crippen molar-refractivity contribution >= 4 is 38.9 Å². The molecule has 0 N–H and O–H groups in total. The fourth-order valence-electron chi connectivity index (χ4n) is 8.18. The molecule has 0 atom stereocenters. The number of benzene rings is 9. The first kappa shape index (κ1) is 34.7. The van der Waals surface area contributed by atoms with Gasteiger partial charge in [0, 0.05) is 33.5 Å². The number of fused-ring (bicyclic) bond motifs is 2. The second kappa shape index (κ2) is 15.1. The predicted molar refractivity (Wildman–Crippen MR) is 243 cm³/mol. The molecule has 10 aromatic rings. The van der Waals surface area contributed by atoms with Crippen LogP contribution >= 0.6 is 0 Å². The van der Waals surface area contributed by atoms with Crippen LogP contribution in [0.25, 0.3) is 72.0 Å². The first-order valence-electron chi connectivity index (χ1n) is 19.6. The van der Waals surface area contributed by atoms with Crippen molar-refractivity contribution in [1.29, 1.82) is 0 Å². The number of nitrogens with zero attached hydrogens (tertiary/aromatic N) is 2. The predicted octanol–water partition coefficient (Wildman–Crippen LogP) is 14.3. The Bertz CT molecular complexity index is 3040. The molecule has 274 valence electrons. The molecule has 0 aliphatic rings. The number of hydrogen-bond donors (Lipinski definition) is 0. The third-order valence-corrected chi connectivity index (χ3v) is 11.0. The molecule has 9 aromatic carbocycles. The van der Waals surface area contributed by atoms with Crippen LogP contribution in [0, 0.1) is 0 Å². The minimum Gasteiger partial charge on any atom is -0.310 e. The molecule has 0 aliphatic heterocycles. The first-order valence-corrected chi connectivity index (χ1v) is 19.6. The van der Waals surface area contributed by atoms with E-state index >= 15 is 0 Å². The van der Waals surface area contributed by atoms with Gasteiger partial charge in [0.05, 0.1) is 11.0 Å². The molecule has 0 radical (unpaired) electrons. The second-order valence-electron chi connectivity index (χ2n) is 14.5. The Labute approximate surface area is 338 Å². The van der Waals surface area contributed by atoms with Gasteiger partial charge >= 0.3 is 0 Å². The van der Waals surface area contributed by atoms with Crippen LogP contribution in [0.3, 0.4) is 0 Å². The average molecular weight is 743 g/mol. The van der Waals surface area contributed by atoms with Crippen molar-refractivity contribution in [1.82, 2.24) is 4.57 Å². The minimum absolute atomic E-state index is 0.0547. The van der Waals surface area contributed by atoms with Gasteiger partial charge in [0.25, 0.3) is 0 Å². The lowest BCUT2D eigenvalue weighted by atomic mass is 9.93. The highest BCUT2D eigenvalue weighted by atomic mass is 16.1. The maximum absolute atomic E-state index is 13.5. The number of aromatic nitrogens is 1. The van der Waals surface area contributed by atoms with Crippen molar-refractivity contribution in [2.45, 2.75) is 0 Å². The van der Waals surface area contributed by atoms with Crippen LogP contribution in [-0.2, 0) is 0 Å². The molecule has 3 nitrogen and oxygen atoms in total. The van der Waals surface area contributed by atoms with Crippen LogP contribution in [0.2, 0.25) is 0 Å². The van der Waals surface area contributed by atoms with Gasteiger partial charge in [-0.3, -0.25) is 4.79 Å². The zero-order valence-electron chi connectivity index (χ0n) is 31.7. The lowest BCUT2D eigenvalue weighted by Gasteiger charge is -2.27. The van der Waals surface area contributed by atoms with Gasteiger partial charge in [-0.15, -0.1) is 0 Å². The van der Waals surface area contributed by atoms with E-state index in [9.17, 15) is 4.79 Å². The lowest BCUT2D eigenvalue weighted by molar-refractivity contribution is 1.16. The molecule has 1 heterocycles. The fourth-order valence-corrected chi connectivity index (χ4v) is 8.18. The van der Waals surface area contributed by atoms with Gasteiger partial charge < -0.3 is 9.47 Å². The van der Waals surface area contributed by atoms with Crippen molar-refractivity contribution in [3.05, 3.63) is 241 Å². The fraction of sp³-hybridized carbons (Fsp3) is 0. The number of pyridine rings is 1. The van der Waals surface area contributed by atoms with Crippen molar-refractivity contribution < 1.29 is 0 Å². The Morgan fingerprint density at radius 3 is 1.31 bits per heavy atom. The molecule has 0 spiro atoms.